The maximum absolute atomic E-state index is 11.9. The minimum Gasteiger partial charge on any atom is -0.368 e. The van der Waals surface area contributed by atoms with Crippen LogP contribution in [0.3, 0.4) is 0 Å². The largest absolute Gasteiger partial charge is 0.368 e. The molecule has 3 rings (SSSR count). The lowest BCUT2D eigenvalue weighted by Gasteiger charge is -2.29. The van der Waals surface area contributed by atoms with Crippen molar-refractivity contribution in [1.82, 2.24) is 20.2 Å². The molecule has 0 spiro atoms. The first-order valence-corrected chi connectivity index (χ1v) is 5.87. The summed E-state index contributed by atoms with van der Waals surface area (Å²) in [5.41, 5.74) is 1.59. The molecule has 1 atom stereocenters. The number of likely N-dealkylation sites (N-methyl/N-ethyl adjacent to an activating group) is 1. The summed E-state index contributed by atoms with van der Waals surface area (Å²) in [4.78, 5) is 21.4. The van der Waals surface area contributed by atoms with E-state index in [0.717, 1.165) is 24.3 Å². The van der Waals surface area contributed by atoms with Crippen molar-refractivity contribution in [3.8, 4) is 0 Å². The zero-order chi connectivity index (χ0) is 11.8. The predicted molar refractivity (Wildman–Crippen MR) is 61.6 cm³/mol. The summed E-state index contributed by atoms with van der Waals surface area (Å²) in [6, 6.07) is 0. The van der Waals surface area contributed by atoms with Crippen molar-refractivity contribution in [2.75, 3.05) is 26.7 Å². The highest BCUT2D eigenvalue weighted by Gasteiger charge is 2.24. The second kappa shape index (κ2) is 4.21. The summed E-state index contributed by atoms with van der Waals surface area (Å²) in [6.07, 6.45) is -0.118. The van der Waals surface area contributed by atoms with Crippen LogP contribution < -0.4 is 10.9 Å². The van der Waals surface area contributed by atoms with E-state index in [1.807, 2.05) is 7.05 Å². The number of nitrogens with zero attached hydrogens (tertiary/aromatic N) is 2. The molecule has 0 radical (unpaired) electrons. The Morgan fingerprint density at radius 3 is 3.18 bits per heavy atom. The third-order valence-electron chi connectivity index (χ3n) is 3.29. The van der Waals surface area contributed by atoms with Crippen LogP contribution in [0.4, 0.5) is 0 Å². The molecular formula is C11H16N4O2. The summed E-state index contributed by atoms with van der Waals surface area (Å²) in [7, 11) is 2.04. The average Bonchev–Trinajstić information content (AvgIpc) is 2.77. The SMILES string of the molecule is CN1CCOC(c2nc3c(c(=O)[nH]2)CNC3)C1. The highest BCUT2D eigenvalue weighted by atomic mass is 16.5. The van der Waals surface area contributed by atoms with Crippen LogP contribution in [0.15, 0.2) is 4.79 Å². The molecule has 2 aliphatic rings. The van der Waals surface area contributed by atoms with Gasteiger partial charge in [-0.2, -0.15) is 0 Å². The van der Waals surface area contributed by atoms with Gasteiger partial charge in [0.2, 0.25) is 0 Å². The number of rotatable bonds is 1. The summed E-state index contributed by atoms with van der Waals surface area (Å²) in [6.45, 7) is 3.67. The van der Waals surface area contributed by atoms with Gasteiger partial charge in [-0.15, -0.1) is 0 Å². The van der Waals surface area contributed by atoms with E-state index < -0.39 is 0 Å². The van der Waals surface area contributed by atoms with Crippen LogP contribution in [-0.4, -0.2) is 41.6 Å². The topological polar surface area (TPSA) is 70.2 Å². The molecular weight excluding hydrogens is 220 g/mol. The Hall–Kier alpha value is -1.24. The fraction of sp³-hybridized carbons (Fsp3) is 0.636. The predicted octanol–water partition coefficient (Wildman–Crippen LogP) is -0.624. The van der Waals surface area contributed by atoms with Gasteiger partial charge < -0.3 is 19.9 Å². The standard InChI is InChI=1S/C11H16N4O2/c1-15-2-3-17-9(6-15)10-13-8-5-12-4-7(8)11(16)14-10/h9,12H,2-6H2,1H3,(H,13,14,16). The van der Waals surface area contributed by atoms with Crippen molar-refractivity contribution in [3.63, 3.8) is 0 Å². The molecule has 1 aromatic rings. The van der Waals surface area contributed by atoms with Gasteiger partial charge in [-0.25, -0.2) is 4.98 Å². The molecule has 1 saturated heterocycles. The van der Waals surface area contributed by atoms with E-state index in [2.05, 4.69) is 20.2 Å². The maximum atomic E-state index is 11.9. The second-order valence-corrected chi connectivity index (χ2v) is 4.60. The third kappa shape index (κ3) is 1.99. The lowest BCUT2D eigenvalue weighted by atomic mass is 10.2. The van der Waals surface area contributed by atoms with Crippen LogP contribution in [0.1, 0.15) is 23.2 Å². The van der Waals surface area contributed by atoms with Gasteiger partial charge in [0.15, 0.2) is 0 Å². The van der Waals surface area contributed by atoms with Gasteiger partial charge in [0.05, 0.1) is 17.9 Å². The van der Waals surface area contributed by atoms with E-state index >= 15 is 0 Å². The number of hydrogen-bond donors (Lipinski definition) is 2. The summed E-state index contributed by atoms with van der Waals surface area (Å²) in [5, 5.41) is 3.13. The third-order valence-corrected chi connectivity index (χ3v) is 3.29. The van der Waals surface area contributed by atoms with E-state index in [4.69, 9.17) is 4.74 Å². The van der Waals surface area contributed by atoms with E-state index in [0.29, 0.717) is 25.5 Å². The number of fused-ring (bicyclic) bond motifs is 1. The van der Waals surface area contributed by atoms with E-state index in [-0.39, 0.29) is 11.7 Å². The fourth-order valence-corrected chi connectivity index (χ4v) is 2.29. The fourth-order valence-electron chi connectivity index (χ4n) is 2.29. The number of aromatic amines is 1. The van der Waals surface area contributed by atoms with E-state index in [9.17, 15) is 4.79 Å². The molecule has 1 aromatic heterocycles. The molecule has 92 valence electrons. The molecule has 2 aliphatic heterocycles. The quantitative estimate of drug-likeness (QED) is 0.680. The molecule has 2 N–H and O–H groups in total. The zero-order valence-electron chi connectivity index (χ0n) is 9.82. The van der Waals surface area contributed by atoms with Gasteiger partial charge in [0.25, 0.3) is 5.56 Å². The molecule has 6 heteroatoms. The first-order chi connectivity index (χ1) is 8.24. The van der Waals surface area contributed by atoms with Gasteiger partial charge in [0, 0.05) is 26.2 Å². The molecule has 1 fully saturated rings. The monoisotopic (exact) mass is 236 g/mol. The summed E-state index contributed by atoms with van der Waals surface area (Å²) in [5.74, 6) is 0.656. The van der Waals surface area contributed by atoms with Crippen LogP contribution in [0.25, 0.3) is 0 Å². The van der Waals surface area contributed by atoms with Crippen molar-refractivity contribution in [2.45, 2.75) is 19.2 Å². The molecule has 3 heterocycles. The van der Waals surface area contributed by atoms with E-state index in [1.165, 1.54) is 0 Å². The number of morpholine rings is 1. The summed E-state index contributed by atoms with van der Waals surface area (Å²) < 4.78 is 5.65. The van der Waals surface area contributed by atoms with Crippen LogP contribution in [0.5, 0.6) is 0 Å². The molecule has 0 saturated carbocycles. The first-order valence-electron chi connectivity index (χ1n) is 5.87. The normalized spacial score (nSPS) is 24.9. The van der Waals surface area contributed by atoms with Crippen molar-refractivity contribution in [3.05, 3.63) is 27.4 Å². The molecule has 6 nitrogen and oxygen atoms in total. The van der Waals surface area contributed by atoms with Gasteiger partial charge in [-0.1, -0.05) is 0 Å². The van der Waals surface area contributed by atoms with Gasteiger partial charge in [-0.3, -0.25) is 4.79 Å². The lowest BCUT2D eigenvalue weighted by Crippen LogP contribution is -2.37. The Morgan fingerprint density at radius 2 is 2.35 bits per heavy atom. The molecule has 0 bridgehead atoms. The van der Waals surface area contributed by atoms with Gasteiger partial charge in [0.1, 0.15) is 11.9 Å². The van der Waals surface area contributed by atoms with Crippen LogP contribution in [-0.2, 0) is 17.8 Å². The van der Waals surface area contributed by atoms with Crippen molar-refractivity contribution >= 4 is 0 Å². The van der Waals surface area contributed by atoms with Crippen molar-refractivity contribution in [1.29, 1.82) is 0 Å². The number of aromatic nitrogens is 2. The Morgan fingerprint density at radius 1 is 1.47 bits per heavy atom. The second-order valence-electron chi connectivity index (χ2n) is 4.60. The number of nitrogens with one attached hydrogen (secondary N) is 2. The van der Waals surface area contributed by atoms with Crippen LogP contribution in [0.2, 0.25) is 0 Å². The molecule has 17 heavy (non-hydrogen) atoms. The van der Waals surface area contributed by atoms with Gasteiger partial charge in [-0.05, 0) is 7.05 Å². The minimum atomic E-state index is -0.118. The van der Waals surface area contributed by atoms with Crippen molar-refractivity contribution in [2.24, 2.45) is 0 Å². The lowest BCUT2D eigenvalue weighted by molar-refractivity contribution is -0.0257. The molecule has 1 unspecified atom stereocenters. The van der Waals surface area contributed by atoms with Crippen molar-refractivity contribution < 1.29 is 4.74 Å². The van der Waals surface area contributed by atoms with Crippen LogP contribution in [0, 0.1) is 0 Å². The van der Waals surface area contributed by atoms with Gasteiger partial charge >= 0.3 is 0 Å². The Balaban J connectivity index is 1.93. The molecule has 0 amide bonds. The Bertz CT molecular complexity index is 485. The minimum absolute atomic E-state index is 0.0353. The number of H-pyrrole nitrogens is 1. The van der Waals surface area contributed by atoms with E-state index in [1.54, 1.807) is 0 Å². The first kappa shape index (κ1) is 10.9. The Labute approximate surface area is 99.0 Å². The zero-order valence-corrected chi connectivity index (χ0v) is 9.82. The smallest absolute Gasteiger partial charge is 0.255 e. The molecule has 0 aliphatic carbocycles. The maximum Gasteiger partial charge on any atom is 0.255 e. The molecule has 0 aromatic carbocycles. The number of hydrogen-bond acceptors (Lipinski definition) is 5. The van der Waals surface area contributed by atoms with Crippen LogP contribution >= 0.6 is 0 Å². The summed E-state index contributed by atoms with van der Waals surface area (Å²) >= 11 is 0. The highest BCUT2D eigenvalue weighted by molar-refractivity contribution is 5.22. The Kier molecular flexibility index (Phi) is 2.70. The highest BCUT2D eigenvalue weighted by Crippen LogP contribution is 2.19. The average molecular weight is 236 g/mol. The number of ether oxygens (including phenoxy) is 1.